The highest BCUT2D eigenvalue weighted by Gasteiger charge is 2.34. The van der Waals surface area contributed by atoms with E-state index in [2.05, 4.69) is 59.5 Å². The molecule has 0 radical (unpaired) electrons. The summed E-state index contributed by atoms with van der Waals surface area (Å²) in [4.78, 5) is 9.29. The molecule has 0 N–H and O–H groups in total. The first-order valence-electron chi connectivity index (χ1n) is 10.2. The Morgan fingerprint density at radius 1 is 0.968 bits per heavy atom. The molecule has 152 valence electrons. The molecule has 1 aliphatic rings. The predicted octanol–water partition coefficient (Wildman–Crippen LogP) is 5.19. The third-order valence-electron chi connectivity index (χ3n) is 5.92. The van der Waals surface area contributed by atoms with Crippen LogP contribution in [0.15, 0.2) is 60.9 Å². The molecule has 0 aliphatic carbocycles. The molecule has 0 saturated carbocycles. The van der Waals surface area contributed by atoms with Gasteiger partial charge in [-0.05, 0) is 48.4 Å². The fraction of sp³-hybridized carbons (Fsp3) is 0.160. The number of aromatic nitrogens is 4. The number of benzene rings is 3. The van der Waals surface area contributed by atoms with Gasteiger partial charge >= 0.3 is 0 Å². The number of ether oxygens (including phenoxy) is 2. The van der Waals surface area contributed by atoms with Crippen LogP contribution in [0.5, 0.6) is 17.4 Å². The number of hydrogen-bond acceptors (Lipinski definition) is 5. The normalized spacial score (nSPS) is 14.9. The van der Waals surface area contributed by atoms with E-state index in [-0.39, 0.29) is 5.92 Å². The molecule has 0 fully saturated rings. The Kier molecular flexibility index (Phi) is 3.77. The molecule has 31 heavy (non-hydrogen) atoms. The van der Waals surface area contributed by atoms with Gasteiger partial charge in [0.2, 0.25) is 5.88 Å². The van der Waals surface area contributed by atoms with Crippen LogP contribution >= 0.6 is 0 Å². The lowest BCUT2D eigenvalue weighted by molar-refractivity contribution is 0.415. The molecule has 6 heteroatoms. The Morgan fingerprint density at radius 2 is 1.81 bits per heavy atom. The maximum atomic E-state index is 6.31. The van der Waals surface area contributed by atoms with Gasteiger partial charge in [0, 0.05) is 11.5 Å². The highest BCUT2D eigenvalue weighted by atomic mass is 16.5. The van der Waals surface area contributed by atoms with Gasteiger partial charge in [-0.1, -0.05) is 42.0 Å². The van der Waals surface area contributed by atoms with E-state index in [4.69, 9.17) is 14.5 Å². The summed E-state index contributed by atoms with van der Waals surface area (Å²) in [5.74, 6) is 2.82. The van der Waals surface area contributed by atoms with Gasteiger partial charge in [0.05, 0.1) is 12.7 Å². The minimum atomic E-state index is -0.0868. The maximum Gasteiger partial charge on any atom is 0.228 e. The summed E-state index contributed by atoms with van der Waals surface area (Å²) in [5.41, 5.74) is 5.18. The van der Waals surface area contributed by atoms with E-state index in [0.717, 1.165) is 44.6 Å². The molecule has 0 amide bonds. The number of fused-ring (bicyclic) bond motifs is 6. The zero-order valence-electron chi connectivity index (χ0n) is 17.5. The summed E-state index contributed by atoms with van der Waals surface area (Å²) < 4.78 is 13.5. The minimum Gasteiger partial charge on any atom is -0.497 e. The van der Waals surface area contributed by atoms with Crippen LogP contribution in [0.25, 0.3) is 16.4 Å². The van der Waals surface area contributed by atoms with E-state index in [0.29, 0.717) is 11.7 Å². The van der Waals surface area contributed by atoms with Crippen LogP contribution in [0.2, 0.25) is 0 Å². The number of nitrogens with zero attached hydrogens (tertiary/aromatic N) is 4. The Labute approximate surface area is 179 Å². The van der Waals surface area contributed by atoms with Crippen molar-refractivity contribution in [1.29, 1.82) is 0 Å². The van der Waals surface area contributed by atoms with E-state index in [9.17, 15) is 0 Å². The molecule has 1 atom stereocenters. The molecular weight excluding hydrogens is 388 g/mol. The smallest absolute Gasteiger partial charge is 0.228 e. The van der Waals surface area contributed by atoms with E-state index < -0.39 is 0 Å². The molecule has 0 bridgehead atoms. The SMILES string of the molecule is COc1ccc2c3c(ccc2c1)Oc1ncn2nc(C)nc2c1C3c1ccc(C)cc1. The van der Waals surface area contributed by atoms with Crippen molar-refractivity contribution in [3.8, 4) is 17.4 Å². The van der Waals surface area contributed by atoms with Gasteiger partial charge in [0.25, 0.3) is 0 Å². The minimum absolute atomic E-state index is 0.0868. The summed E-state index contributed by atoms with van der Waals surface area (Å²) in [6.45, 7) is 3.98. The molecule has 6 nitrogen and oxygen atoms in total. The molecule has 3 heterocycles. The standard InChI is InChI=1S/C25H20N4O2/c1-14-4-6-16(7-5-14)21-22-19-10-9-18(30-3)12-17(19)8-11-20(22)31-25-23(21)24-27-15(2)28-29(24)13-26-25/h4-13,21H,1-3H3. The van der Waals surface area contributed by atoms with E-state index in [1.165, 1.54) is 5.56 Å². The predicted molar refractivity (Wildman–Crippen MR) is 118 cm³/mol. The second-order valence-electron chi connectivity index (χ2n) is 7.90. The highest BCUT2D eigenvalue weighted by Crippen LogP contribution is 2.50. The topological polar surface area (TPSA) is 61.5 Å². The molecule has 6 rings (SSSR count). The number of methoxy groups -OCH3 is 1. The fourth-order valence-electron chi connectivity index (χ4n) is 4.47. The second-order valence-corrected chi connectivity index (χ2v) is 7.90. The van der Waals surface area contributed by atoms with Gasteiger partial charge in [0.1, 0.15) is 23.7 Å². The summed E-state index contributed by atoms with van der Waals surface area (Å²) in [5, 5.41) is 6.69. The van der Waals surface area contributed by atoms with Gasteiger partial charge in [-0.15, -0.1) is 0 Å². The summed E-state index contributed by atoms with van der Waals surface area (Å²) in [6, 6.07) is 18.9. The number of rotatable bonds is 2. The van der Waals surface area contributed by atoms with Gasteiger partial charge in [0.15, 0.2) is 5.65 Å². The van der Waals surface area contributed by atoms with Crippen molar-refractivity contribution in [2.75, 3.05) is 7.11 Å². The Morgan fingerprint density at radius 3 is 2.61 bits per heavy atom. The van der Waals surface area contributed by atoms with Crippen LogP contribution < -0.4 is 9.47 Å². The summed E-state index contributed by atoms with van der Waals surface area (Å²) in [7, 11) is 1.68. The van der Waals surface area contributed by atoms with Crippen LogP contribution in [0, 0.1) is 13.8 Å². The van der Waals surface area contributed by atoms with Crippen molar-refractivity contribution in [2.45, 2.75) is 19.8 Å². The van der Waals surface area contributed by atoms with Crippen LogP contribution in [0.3, 0.4) is 0 Å². The second kappa shape index (κ2) is 6.54. The van der Waals surface area contributed by atoms with Crippen molar-refractivity contribution < 1.29 is 9.47 Å². The Hall–Kier alpha value is -3.93. The Bertz CT molecular complexity index is 1470. The molecule has 1 aliphatic heterocycles. The van der Waals surface area contributed by atoms with Gasteiger partial charge in [-0.3, -0.25) is 0 Å². The summed E-state index contributed by atoms with van der Waals surface area (Å²) >= 11 is 0. The number of aryl methyl sites for hydroxylation is 2. The average Bonchev–Trinajstić information content (AvgIpc) is 3.18. The molecule has 2 aromatic heterocycles. The van der Waals surface area contributed by atoms with E-state index in [1.807, 2.05) is 19.1 Å². The van der Waals surface area contributed by atoms with Crippen molar-refractivity contribution in [3.63, 3.8) is 0 Å². The lowest BCUT2D eigenvalue weighted by Gasteiger charge is -2.29. The van der Waals surface area contributed by atoms with Gasteiger partial charge in [-0.2, -0.15) is 5.10 Å². The molecule has 5 aromatic rings. The molecule has 0 spiro atoms. The molecule has 0 saturated heterocycles. The van der Waals surface area contributed by atoms with Crippen molar-refractivity contribution >= 4 is 16.4 Å². The van der Waals surface area contributed by atoms with Crippen LogP contribution in [-0.2, 0) is 0 Å². The van der Waals surface area contributed by atoms with E-state index in [1.54, 1.807) is 18.0 Å². The maximum absolute atomic E-state index is 6.31. The largest absolute Gasteiger partial charge is 0.497 e. The lowest BCUT2D eigenvalue weighted by atomic mass is 9.81. The average molecular weight is 408 g/mol. The zero-order valence-corrected chi connectivity index (χ0v) is 17.5. The van der Waals surface area contributed by atoms with Gasteiger partial charge in [-0.25, -0.2) is 14.5 Å². The van der Waals surface area contributed by atoms with Crippen LogP contribution in [0.4, 0.5) is 0 Å². The quantitative estimate of drug-likeness (QED) is 0.395. The lowest BCUT2D eigenvalue weighted by Crippen LogP contribution is -2.15. The number of hydrogen-bond donors (Lipinski definition) is 0. The van der Waals surface area contributed by atoms with Gasteiger partial charge < -0.3 is 9.47 Å². The third-order valence-corrected chi connectivity index (χ3v) is 5.92. The zero-order chi connectivity index (χ0) is 21.1. The molecular formula is C25H20N4O2. The first kappa shape index (κ1) is 17.9. The van der Waals surface area contributed by atoms with Crippen molar-refractivity contribution in [1.82, 2.24) is 19.6 Å². The first-order valence-corrected chi connectivity index (χ1v) is 10.2. The third kappa shape index (κ3) is 2.68. The first-order chi connectivity index (χ1) is 15.1. The van der Waals surface area contributed by atoms with Crippen molar-refractivity contribution in [3.05, 3.63) is 89.0 Å². The van der Waals surface area contributed by atoms with Crippen LogP contribution in [-0.4, -0.2) is 26.7 Å². The van der Waals surface area contributed by atoms with E-state index >= 15 is 0 Å². The van der Waals surface area contributed by atoms with Crippen molar-refractivity contribution in [2.24, 2.45) is 0 Å². The monoisotopic (exact) mass is 408 g/mol. The molecule has 1 unspecified atom stereocenters. The Balaban J connectivity index is 1.71. The summed E-state index contributed by atoms with van der Waals surface area (Å²) in [6.07, 6.45) is 1.66. The highest BCUT2D eigenvalue weighted by molar-refractivity contribution is 5.91. The van der Waals surface area contributed by atoms with Crippen LogP contribution in [0.1, 0.15) is 34.0 Å². The molecule has 3 aromatic carbocycles. The fourth-order valence-corrected chi connectivity index (χ4v) is 4.47.